The Morgan fingerprint density at radius 1 is 1.27 bits per heavy atom. The van der Waals surface area contributed by atoms with E-state index in [1.165, 1.54) is 0 Å². The summed E-state index contributed by atoms with van der Waals surface area (Å²) < 4.78 is 52.4. The summed E-state index contributed by atoms with van der Waals surface area (Å²) in [5, 5.41) is 9.30. The zero-order chi connectivity index (χ0) is 16.2. The number of hydrogen-bond donors (Lipinski definition) is 2. The normalized spacial score (nSPS) is 20.2. The van der Waals surface area contributed by atoms with Crippen LogP contribution < -0.4 is 4.72 Å². The zero-order valence-corrected chi connectivity index (χ0v) is 13.0. The van der Waals surface area contributed by atoms with Crippen LogP contribution in [0.25, 0.3) is 0 Å². The number of halogens is 2. The van der Waals surface area contributed by atoms with Crippen molar-refractivity contribution in [1.29, 1.82) is 0 Å². The lowest BCUT2D eigenvalue weighted by Gasteiger charge is -2.34. The van der Waals surface area contributed by atoms with Gasteiger partial charge >= 0.3 is 0 Å². The van der Waals surface area contributed by atoms with Crippen molar-refractivity contribution in [1.82, 2.24) is 9.62 Å². The number of hydrogen-bond acceptors (Lipinski definition) is 4. The van der Waals surface area contributed by atoms with Crippen molar-refractivity contribution < 1.29 is 22.3 Å². The Labute approximate surface area is 129 Å². The lowest BCUT2D eigenvalue weighted by molar-refractivity contribution is 0.0923. The average molecular weight is 334 g/mol. The van der Waals surface area contributed by atoms with Crippen molar-refractivity contribution in [3.63, 3.8) is 0 Å². The molecule has 0 saturated carbocycles. The van der Waals surface area contributed by atoms with Crippen LogP contribution in [0, 0.1) is 11.6 Å². The van der Waals surface area contributed by atoms with Gasteiger partial charge in [-0.25, -0.2) is 21.9 Å². The molecule has 1 aliphatic rings. The van der Waals surface area contributed by atoms with Gasteiger partial charge in [0.1, 0.15) is 0 Å². The van der Waals surface area contributed by atoms with Gasteiger partial charge in [0.25, 0.3) is 0 Å². The quantitative estimate of drug-likeness (QED) is 0.817. The second-order valence-corrected chi connectivity index (χ2v) is 7.11. The van der Waals surface area contributed by atoms with Gasteiger partial charge in [-0.3, -0.25) is 4.90 Å². The molecule has 0 unspecified atom stereocenters. The molecule has 0 bridgehead atoms. The third kappa shape index (κ3) is 4.22. The topological polar surface area (TPSA) is 69.6 Å². The van der Waals surface area contributed by atoms with Crippen LogP contribution in [0.2, 0.25) is 0 Å². The molecule has 8 heteroatoms. The van der Waals surface area contributed by atoms with Crippen molar-refractivity contribution in [2.45, 2.75) is 30.2 Å². The van der Waals surface area contributed by atoms with Crippen molar-refractivity contribution in [3.8, 4) is 0 Å². The van der Waals surface area contributed by atoms with Gasteiger partial charge in [0.2, 0.25) is 10.0 Å². The molecule has 1 aromatic carbocycles. The van der Waals surface area contributed by atoms with E-state index in [9.17, 15) is 22.3 Å². The van der Waals surface area contributed by atoms with E-state index in [2.05, 4.69) is 4.72 Å². The monoisotopic (exact) mass is 334 g/mol. The molecule has 22 heavy (non-hydrogen) atoms. The first-order valence-corrected chi connectivity index (χ1v) is 8.72. The first kappa shape index (κ1) is 17.3. The summed E-state index contributed by atoms with van der Waals surface area (Å²) in [5.74, 6) is -2.28. The number of rotatable bonds is 6. The molecule has 1 aliphatic heterocycles. The highest BCUT2D eigenvalue weighted by Gasteiger charge is 2.22. The minimum absolute atomic E-state index is 0.0515. The van der Waals surface area contributed by atoms with Crippen LogP contribution in [0.4, 0.5) is 8.78 Å². The largest absolute Gasteiger partial charge is 0.395 e. The fourth-order valence-corrected chi connectivity index (χ4v) is 3.64. The van der Waals surface area contributed by atoms with Gasteiger partial charge in [-0.15, -0.1) is 0 Å². The van der Waals surface area contributed by atoms with Gasteiger partial charge in [0.05, 0.1) is 11.5 Å². The summed E-state index contributed by atoms with van der Waals surface area (Å²) in [6, 6.07) is 2.53. The second-order valence-electron chi connectivity index (χ2n) is 5.34. The third-order valence-corrected chi connectivity index (χ3v) is 5.31. The van der Waals surface area contributed by atoms with Crippen LogP contribution >= 0.6 is 0 Å². The van der Waals surface area contributed by atoms with E-state index in [0.29, 0.717) is 12.6 Å². The minimum Gasteiger partial charge on any atom is -0.395 e. The number of nitrogens with one attached hydrogen (secondary N) is 1. The molecule has 1 aromatic rings. The molecule has 0 spiro atoms. The maximum atomic E-state index is 13.1. The molecule has 2 N–H and O–H groups in total. The SMILES string of the molecule is O=S(=O)(NCCN1CCCC[C@@H]1CO)c1ccc(F)c(F)c1. The predicted molar refractivity (Wildman–Crippen MR) is 77.8 cm³/mol. The van der Waals surface area contributed by atoms with Crippen LogP contribution in [-0.4, -0.2) is 50.7 Å². The number of nitrogens with zero attached hydrogens (tertiary/aromatic N) is 1. The summed E-state index contributed by atoms with van der Waals surface area (Å²) in [4.78, 5) is 1.74. The molecule has 0 amide bonds. The lowest BCUT2D eigenvalue weighted by atomic mass is 10.0. The molecule has 0 radical (unpaired) electrons. The summed E-state index contributed by atoms with van der Waals surface area (Å²) in [6.45, 7) is 1.49. The zero-order valence-electron chi connectivity index (χ0n) is 12.1. The van der Waals surface area contributed by atoms with E-state index in [1.807, 2.05) is 4.90 Å². The molecule has 1 fully saturated rings. The predicted octanol–water partition coefficient (Wildman–Crippen LogP) is 1.09. The molecular weight excluding hydrogens is 314 g/mol. The first-order chi connectivity index (χ1) is 10.4. The number of aliphatic hydroxyl groups excluding tert-OH is 1. The molecule has 0 aromatic heterocycles. The highest BCUT2D eigenvalue weighted by Crippen LogP contribution is 2.16. The molecule has 2 rings (SSSR count). The number of benzene rings is 1. The van der Waals surface area contributed by atoms with Crippen molar-refractivity contribution in [2.75, 3.05) is 26.2 Å². The van der Waals surface area contributed by atoms with E-state index in [-0.39, 0.29) is 24.1 Å². The van der Waals surface area contributed by atoms with Crippen LogP contribution in [-0.2, 0) is 10.0 Å². The van der Waals surface area contributed by atoms with Gasteiger partial charge in [-0.1, -0.05) is 6.42 Å². The van der Waals surface area contributed by atoms with Gasteiger partial charge in [0.15, 0.2) is 11.6 Å². The van der Waals surface area contributed by atoms with E-state index >= 15 is 0 Å². The van der Waals surface area contributed by atoms with Gasteiger partial charge in [-0.05, 0) is 37.6 Å². The Morgan fingerprint density at radius 3 is 2.73 bits per heavy atom. The van der Waals surface area contributed by atoms with E-state index in [4.69, 9.17) is 0 Å². The summed E-state index contributed by atoms with van der Waals surface area (Å²) in [6.07, 6.45) is 2.97. The number of likely N-dealkylation sites (tertiary alicyclic amines) is 1. The smallest absolute Gasteiger partial charge is 0.240 e. The Bertz CT molecular complexity index is 610. The van der Waals surface area contributed by atoms with Crippen LogP contribution in [0.5, 0.6) is 0 Å². The number of piperidine rings is 1. The molecule has 5 nitrogen and oxygen atoms in total. The lowest BCUT2D eigenvalue weighted by Crippen LogP contribution is -2.45. The fraction of sp³-hybridized carbons (Fsp3) is 0.571. The Balaban J connectivity index is 1.93. The molecule has 1 atom stereocenters. The third-order valence-electron chi connectivity index (χ3n) is 3.85. The fourth-order valence-electron chi connectivity index (χ4n) is 2.61. The van der Waals surface area contributed by atoms with Crippen molar-refractivity contribution >= 4 is 10.0 Å². The molecule has 124 valence electrons. The Hall–Kier alpha value is -1.09. The van der Waals surface area contributed by atoms with E-state index in [0.717, 1.165) is 37.9 Å². The van der Waals surface area contributed by atoms with Gasteiger partial charge in [0, 0.05) is 19.1 Å². The van der Waals surface area contributed by atoms with Gasteiger partial charge < -0.3 is 5.11 Å². The maximum Gasteiger partial charge on any atom is 0.240 e. The standard InChI is InChI=1S/C14H20F2N2O3S/c15-13-5-4-12(9-14(13)16)22(20,21)17-6-8-18-7-2-1-3-11(18)10-19/h4-5,9,11,17,19H,1-3,6-8,10H2/t11-/m1/s1. The maximum absolute atomic E-state index is 13.1. The van der Waals surface area contributed by atoms with Crippen molar-refractivity contribution in [2.24, 2.45) is 0 Å². The molecule has 1 saturated heterocycles. The van der Waals surface area contributed by atoms with E-state index in [1.54, 1.807) is 0 Å². The van der Waals surface area contributed by atoms with Gasteiger partial charge in [-0.2, -0.15) is 0 Å². The summed E-state index contributed by atoms with van der Waals surface area (Å²) in [5.41, 5.74) is 0. The first-order valence-electron chi connectivity index (χ1n) is 7.23. The van der Waals surface area contributed by atoms with Crippen LogP contribution in [0.3, 0.4) is 0 Å². The van der Waals surface area contributed by atoms with Crippen molar-refractivity contribution in [3.05, 3.63) is 29.8 Å². The summed E-state index contributed by atoms with van der Waals surface area (Å²) in [7, 11) is -3.87. The van der Waals surface area contributed by atoms with Crippen LogP contribution in [0.15, 0.2) is 23.1 Å². The summed E-state index contributed by atoms with van der Waals surface area (Å²) >= 11 is 0. The van der Waals surface area contributed by atoms with Crippen LogP contribution in [0.1, 0.15) is 19.3 Å². The number of sulfonamides is 1. The Kier molecular flexibility index (Phi) is 5.85. The number of aliphatic hydroxyl groups is 1. The second kappa shape index (κ2) is 7.45. The molecule has 1 heterocycles. The average Bonchev–Trinajstić information content (AvgIpc) is 2.50. The molecular formula is C14H20F2N2O3S. The molecule has 0 aliphatic carbocycles. The van der Waals surface area contributed by atoms with E-state index < -0.39 is 21.7 Å². The Morgan fingerprint density at radius 2 is 2.05 bits per heavy atom. The highest BCUT2D eigenvalue weighted by atomic mass is 32.2. The highest BCUT2D eigenvalue weighted by molar-refractivity contribution is 7.89. The minimum atomic E-state index is -3.87.